The third-order valence-electron chi connectivity index (χ3n) is 3.36. The lowest BCUT2D eigenvalue weighted by atomic mass is 9.96. The van der Waals surface area contributed by atoms with Crippen molar-refractivity contribution in [3.8, 4) is 11.3 Å². The first kappa shape index (κ1) is 14.2. The van der Waals surface area contributed by atoms with Crippen LogP contribution in [0.4, 0.5) is 0 Å². The van der Waals surface area contributed by atoms with Gasteiger partial charge in [-0.2, -0.15) is 5.10 Å². The minimum atomic E-state index is -1.01. The van der Waals surface area contributed by atoms with Gasteiger partial charge < -0.3 is 5.11 Å². The van der Waals surface area contributed by atoms with Crippen LogP contribution in [-0.4, -0.2) is 30.7 Å². The zero-order valence-corrected chi connectivity index (χ0v) is 12.6. The molecule has 6 heteroatoms. The van der Waals surface area contributed by atoms with Gasteiger partial charge in [0.05, 0.1) is 5.69 Å². The molecule has 3 heterocycles. The summed E-state index contributed by atoms with van der Waals surface area (Å²) < 4.78 is 1.60. The van der Waals surface area contributed by atoms with Gasteiger partial charge in [-0.1, -0.05) is 20.8 Å². The van der Waals surface area contributed by atoms with E-state index in [0.717, 1.165) is 11.3 Å². The van der Waals surface area contributed by atoms with Gasteiger partial charge in [0.25, 0.3) is 0 Å². The molecule has 0 saturated carbocycles. The highest BCUT2D eigenvalue weighted by Gasteiger charge is 2.23. The van der Waals surface area contributed by atoms with E-state index in [-0.39, 0.29) is 11.0 Å². The molecule has 0 saturated heterocycles. The number of nitrogens with zero attached hydrogens (tertiary/aromatic N) is 4. The molecule has 112 valence electrons. The summed E-state index contributed by atoms with van der Waals surface area (Å²) in [5.41, 5.74) is 1.91. The lowest BCUT2D eigenvalue weighted by Crippen LogP contribution is -2.13. The second-order valence-corrected chi connectivity index (χ2v) is 6.09. The van der Waals surface area contributed by atoms with Crippen molar-refractivity contribution >= 4 is 11.6 Å². The van der Waals surface area contributed by atoms with E-state index in [0.29, 0.717) is 11.5 Å². The summed E-state index contributed by atoms with van der Waals surface area (Å²) in [6.07, 6.45) is 3.38. The first-order valence-electron chi connectivity index (χ1n) is 6.92. The fraction of sp³-hybridized carbons (Fsp3) is 0.250. The van der Waals surface area contributed by atoms with Gasteiger partial charge in [-0.25, -0.2) is 14.3 Å². The van der Waals surface area contributed by atoms with E-state index >= 15 is 0 Å². The number of carbonyl (C=O) groups is 1. The number of hydrogen-bond acceptors (Lipinski definition) is 4. The van der Waals surface area contributed by atoms with Crippen molar-refractivity contribution in [3.05, 3.63) is 48.0 Å². The molecule has 0 aromatic carbocycles. The van der Waals surface area contributed by atoms with Gasteiger partial charge >= 0.3 is 5.97 Å². The zero-order valence-electron chi connectivity index (χ0n) is 12.6. The summed E-state index contributed by atoms with van der Waals surface area (Å²) >= 11 is 0. The van der Waals surface area contributed by atoms with Crippen LogP contribution in [0, 0.1) is 0 Å². The Morgan fingerprint density at radius 1 is 1.14 bits per heavy atom. The summed E-state index contributed by atoms with van der Waals surface area (Å²) in [6, 6.07) is 7.02. The van der Waals surface area contributed by atoms with Crippen LogP contribution in [0.3, 0.4) is 0 Å². The SMILES string of the molecule is CC(C)(C)c1nc2c(C(=O)O)ccc(-c3ccncc3)n2n1. The molecular weight excluding hydrogens is 280 g/mol. The fourth-order valence-corrected chi connectivity index (χ4v) is 2.19. The van der Waals surface area contributed by atoms with Gasteiger partial charge in [0.2, 0.25) is 0 Å². The highest BCUT2D eigenvalue weighted by molar-refractivity contribution is 5.95. The zero-order chi connectivity index (χ0) is 15.9. The van der Waals surface area contributed by atoms with Crippen LogP contribution < -0.4 is 0 Å². The average molecular weight is 296 g/mol. The molecule has 6 nitrogen and oxygen atoms in total. The van der Waals surface area contributed by atoms with E-state index < -0.39 is 5.97 Å². The number of hydrogen-bond donors (Lipinski definition) is 1. The van der Waals surface area contributed by atoms with Gasteiger partial charge in [0.1, 0.15) is 5.56 Å². The summed E-state index contributed by atoms with van der Waals surface area (Å²) in [5.74, 6) is -0.407. The normalized spacial score (nSPS) is 11.8. The van der Waals surface area contributed by atoms with Crippen LogP contribution in [-0.2, 0) is 5.41 Å². The molecule has 0 aliphatic rings. The van der Waals surface area contributed by atoms with Crippen molar-refractivity contribution in [2.45, 2.75) is 26.2 Å². The average Bonchev–Trinajstić information content (AvgIpc) is 2.92. The van der Waals surface area contributed by atoms with Gasteiger partial charge in [-0.3, -0.25) is 4.98 Å². The monoisotopic (exact) mass is 296 g/mol. The summed E-state index contributed by atoms with van der Waals surface area (Å²) in [6.45, 7) is 5.98. The first-order valence-corrected chi connectivity index (χ1v) is 6.92. The maximum Gasteiger partial charge on any atom is 0.339 e. The molecule has 3 aromatic rings. The highest BCUT2D eigenvalue weighted by atomic mass is 16.4. The van der Waals surface area contributed by atoms with Gasteiger partial charge in [0.15, 0.2) is 11.5 Å². The molecule has 0 bridgehead atoms. The highest BCUT2D eigenvalue weighted by Crippen LogP contribution is 2.25. The van der Waals surface area contributed by atoms with Crippen molar-refractivity contribution < 1.29 is 9.90 Å². The molecular formula is C16H16N4O2. The largest absolute Gasteiger partial charge is 0.478 e. The molecule has 0 radical (unpaired) electrons. The van der Waals surface area contributed by atoms with E-state index in [1.807, 2.05) is 32.9 Å². The van der Waals surface area contributed by atoms with Crippen LogP contribution >= 0.6 is 0 Å². The number of carboxylic acid groups (broad SMARTS) is 1. The molecule has 0 fully saturated rings. The number of aromatic carboxylic acids is 1. The fourth-order valence-electron chi connectivity index (χ4n) is 2.19. The summed E-state index contributed by atoms with van der Waals surface area (Å²) in [4.78, 5) is 19.9. The van der Waals surface area contributed by atoms with Crippen LogP contribution in [0.15, 0.2) is 36.7 Å². The number of carboxylic acids is 1. The van der Waals surface area contributed by atoms with Gasteiger partial charge in [-0.05, 0) is 24.3 Å². The smallest absolute Gasteiger partial charge is 0.339 e. The summed E-state index contributed by atoms with van der Waals surface area (Å²) in [7, 11) is 0. The molecule has 3 rings (SSSR count). The predicted molar refractivity (Wildman–Crippen MR) is 81.9 cm³/mol. The Bertz CT molecular complexity index is 848. The molecule has 0 aliphatic heterocycles. The van der Waals surface area contributed by atoms with E-state index in [1.165, 1.54) is 0 Å². The van der Waals surface area contributed by atoms with Crippen molar-refractivity contribution in [2.75, 3.05) is 0 Å². The minimum absolute atomic E-state index is 0.140. The maximum atomic E-state index is 11.4. The third kappa shape index (κ3) is 2.32. The molecule has 0 amide bonds. The molecule has 0 spiro atoms. The van der Waals surface area contributed by atoms with E-state index in [2.05, 4.69) is 15.1 Å². The third-order valence-corrected chi connectivity index (χ3v) is 3.36. The first-order chi connectivity index (χ1) is 10.4. The minimum Gasteiger partial charge on any atom is -0.478 e. The van der Waals surface area contributed by atoms with Gasteiger partial charge in [0, 0.05) is 23.4 Å². The van der Waals surface area contributed by atoms with Crippen molar-refractivity contribution in [1.82, 2.24) is 19.6 Å². The van der Waals surface area contributed by atoms with E-state index in [4.69, 9.17) is 0 Å². The Hall–Kier alpha value is -2.76. The lowest BCUT2D eigenvalue weighted by Gasteiger charge is -2.11. The predicted octanol–water partition coefficient (Wildman–Crippen LogP) is 2.79. The van der Waals surface area contributed by atoms with Crippen molar-refractivity contribution in [3.63, 3.8) is 0 Å². The van der Waals surface area contributed by atoms with Crippen LogP contribution in [0.1, 0.15) is 37.0 Å². The van der Waals surface area contributed by atoms with Crippen molar-refractivity contribution in [1.29, 1.82) is 0 Å². The van der Waals surface area contributed by atoms with E-state index in [1.54, 1.807) is 29.0 Å². The molecule has 1 N–H and O–H groups in total. The Kier molecular flexibility index (Phi) is 3.16. The Labute approximate surface area is 127 Å². The standard InChI is InChI=1S/C16H16N4O2/c1-16(2,3)15-18-13-11(14(21)22)4-5-12(20(13)19-15)10-6-8-17-9-7-10/h4-9H,1-3H3,(H,21,22). The van der Waals surface area contributed by atoms with Gasteiger partial charge in [-0.15, -0.1) is 0 Å². The molecule has 0 unspecified atom stereocenters. The van der Waals surface area contributed by atoms with Crippen LogP contribution in [0.5, 0.6) is 0 Å². The Morgan fingerprint density at radius 2 is 1.82 bits per heavy atom. The maximum absolute atomic E-state index is 11.4. The second kappa shape index (κ2) is 4.91. The quantitative estimate of drug-likeness (QED) is 0.786. The number of fused-ring (bicyclic) bond motifs is 1. The topological polar surface area (TPSA) is 80.4 Å². The van der Waals surface area contributed by atoms with Crippen molar-refractivity contribution in [2.24, 2.45) is 0 Å². The lowest BCUT2D eigenvalue weighted by molar-refractivity contribution is 0.0698. The molecule has 3 aromatic heterocycles. The molecule has 22 heavy (non-hydrogen) atoms. The molecule has 0 aliphatic carbocycles. The van der Waals surface area contributed by atoms with Crippen LogP contribution in [0.2, 0.25) is 0 Å². The second-order valence-electron chi connectivity index (χ2n) is 6.09. The van der Waals surface area contributed by atoms with Crippen LogP contribution in [0.25, 0.3) is 16.9 Å². The number of pyridine rings is 2. The summed E-state index contributed by atoms with van der Waals surface area (Å²) in [5, 5.41) is 13.9. The number of aromatic nitrogens is 4. The Morgan fingerprint density at radius 3 is 2.41 bits per heavy atom. The van der Waals surface area contributed by atoms with E-state index in [9.17, 15) is 9.90 Å². The molecule has 0 atom stereocenters. The Balaban J connectivity index is 2.34. The number of rotatable bonds is 2.